The minimum absolute atomic E-state index is 0.225. The number of fused-ring (bicyclic) bond motifs is 1. The second-order valence-electron chi connectivity index (χ2n) is 7.58. The summed E-state index contributed by atoms with van der Waals surface area (Å²) in [5, 5.41) is 8.86. The number of hydrogen-bond donors (Lipinski definition) is 1. The topological polar surface area (TPSA) is 119 Å². The molecule has 0 atom stereocenters. The molecule has 176 valence electrons. The van der Waals surface area contributed by atoms with Gasteiger partial charge in [0.15, 0.2) is 12.2 Å². The minimum atomic E-state index is -3.61. The average Bonchev–Trinajstić information content (AvgIpc) is 3.22. The summed E-state index contributed by atoms with van der Waals surface area (Å²) < 4.78 is 38.9. The lowest BCUT2D eigenvalue weighted by molar-refractivity contribution is -0.139. The van der Waals surface area contributed by atoms with Gasteiger partial charge in [0.2, 0.25) is 0 Å². The van der Waals surface area contributed by atoms with Crippen molar-refractivity contribution in [2.24, 2.45) is 0 Å². The zero-order chi connectivity index (χ0) is 24.1. The third kappa shape index (κ3) is 6.26. The molecule has 1 N–H and O–H groups in total. The first-order valence-corrected chi connectivity index (χ1v) is 12.1. The fourth-order valence-electron chi connectivity index (χ4n) is 3.33. The molecular weight excluding hydrogens is 460 g/mol. The van der Waals surface area contributed by atoms with Gasteiger partial charge in [-0.15, -0.1) is 0 Å². The molecule has 0 saturated carbocycles. The summed E-state index contributed by atoms with van der Waals surface area (Å²) in [6.45, 7) is 0.380. The first-order chi connectivity index (χ1) is 16.2. The lowest BCUT2D eigenvalue weighted by Gasteiger charge is -2.21. The van der Waals surface area contributed by atoms with E-state index in [9.17, 15) is 13.2 Å². The summed E-state index contributed by atoms with van der Waals surface area (Å²) >= 11 is 0. The highest BCUT2D eigenvalue weighted by molar-refractivity contribution is 7.86. The molecule has 0 unspecified atom stereocenters. The first kappa shape index (κ1) is 23.1. The van der Waals surface area contributed by atoms with Gasteiger partial charge in [0.05, 0.1) is 6.26 Å². The lowest BCUT2D eigenvalue weighted by atomic mass is 10.1. The number of carboxylic acids is 1. The van der Waals surface area contributed by atoms with Crippen LogP contribution in [0.25, 0.3) is 11.1 Å². The van der Waals surface area contributed by atoms with E-state index in [1.54, 1.807) is 42.5 Å². The van der Waals surface area contributed by atoms with Crippen molar-refractivity contribution < 1.29 is 31.7 Å². The van der Waals surface area contributed by atoms with Gasteiger partial charge in [-0.2, -0.15) is 13.4 Å². The van der Waals surface area contributed by atoms with Crippen LogP contribution in [0.1, 0.15) is 11.1 Å². The smallest absolute Gasteiger partial charge is 0.341 e. The maximum Gasteiger partial charge on any atom is 0.341 e. The number of benzene rings is 3. The molecule has 3 aromatic carbocycles. The van der Waals surface area contributed by atoms with Crippen LogP contribution < -0.4 is 13.8 Å². The van der Waals surface area contributed by atoms with Gasteiger partial charge in [-0.1, -0.05) is 36.4 Å². The van der Waals surface area contributed by atoms with Crippen molar-refractivity contribution in [2.45, 2.75) is 13.1 Å². The van der Waals surface area contributed by atoms with Crippen LogP contribution in [0, 0.1) is 0 Å². The molecule has 9 nitrogen and oxygen atoms in total. The maximum atomic E-state index is 11.4. The molecule has 4 rings (SSSR count). The van der Waals surface area contributed by atoms with Crippen molar-refractivity contribution in [1.82, 2.24) is 4.98 Å². The van der Waals surface area contributed by atoms with Crippen LogP contribution in [0.15, 0.2) is 77.2 Å². The van der Waals surface area contributed by atoms with E-state index in [1.807, 2.05) is 35.2 Å². The normalized spacial score (nSPS) is 11.3. The number of ether oxygens (including phenoxy) is 1. The second kappa shape index (κ2) is 9.84. The van der Waals surface area contributed by atoms with E-state index in [-0.39, 0.29) is 5.75 Å². The van der Waals surface area contributed by atoms with Crippen molar-refractivity contribution in [3.05, 3.63) is 83.9 Å². The van der Waals surface area contributed by atoms with Crippen molar-refractivity contribution in [1.29, 1.82) is 0 Å². The van der Waals surface area contributed by atoms with Crippen LogP contribution >= 0.6 is 0 Å². The summed E-state index contributed by atoms with van der Waals surface area (Å²) in [6, 6.07) is 21.7. The summed E-state index contributed by atoms with van der Waals surface area (Å²) in [5.74, 6) is -0.385. The van der Waals surface area contributed by atoms with Crippen molar-refractivity contribution in [2.75, 3.05) is 17.8 Å². The Morgan fingerprint density at radius 2 is 1.71 bits per heavy atom. The zero-order valence-electron chi connectivity index (χ0n) is 18.2. The number of aromatic nitrogens is 1. The van der Waals surface area contributed by atoms with E-state index in [0.717, 1.165) is 22.9 Å². The van der Waals surface area contributed by atoms with Crippen LogP contribution in [0.2, 0.25) is 0 Å². The van der Waals surface area contributed by atoms with E-state index in [0.29, 0.717) is 30.4 Å². The lowest BCUT2D eigenvalue weighted by Crippen LogP contribution is -2.22. The number of oxazole rings is 1. The van der Waals surface area contributed by atoms with Crippen molar-refractivity contribution >= 4 is 33.2 Å². The molecule has 0 fully saturated rings. The van der Waals surface area contributed by atoms with Gasteiger partial charge in [0.1, 0.15) is 17.0 Å². The molecule has 0 bridgehead atoms. The summed E-state index contributed by atoms with van der Waals surface area (Å²) in [5.41, 5.74) is 3.11. The molecule has 0 amide bonds. The predicted molar refractivity (Wildman–Crippen MR) is 125 cm³/mol. The van der Waals surface area contributed by atoms with Crippen LogP contribution in [-0.4, -0.2) is 37.3 Å². The summed E-state index contributed by atoms with van der Waals surface area (Å²) in [7, 11) is -3.61. The second-order valence-corrected chi connectivity index (χ2v) is 9.16. The van der Waals surface area contributed by atoms with Gasteiger partial charge < -0.3 is 23.3 Å². The Labute approximate surface area is 196 Å². The summed E-state index contributed by atoms with van der Waals surface area (Å²) in [4.78, 5) is 17.3. The quantitative estimate of drug-likeness (QED) is 0.336. The van der Waals surface area contributed by atoms with Gasteiger partial charge >= 0.3 is 16.1 Å². The molecule has 4 aromatic rings. The van der Waals surface area contributed by atoms with Crippen LogP contribution in [0.4, 0.5) is 6.01 Å². The van der Waals surface area contributed by atoms with Gasteiger partial charge in [-0.3, -0.25) is 0 Å². The number of carbonyl (C=O) groups is 1. The van der Waals surface area contributed by atoms with Crippen molar-refractivity contribution in [3.63, 3.8) is 0 Å². The van der Waals surface area contributed by atoms with E-state index in [1.165, 1.54) is 0 Å². The van der Waals surface area contributed by atoms with E-state index < -0.39 is 22.7 Å². The average molecular weight is 483 g/mol. The molecule has 0 aliphatic carbocycles. The van der Waals surface area contributed by atoms with Gasteiger partial charge in [-0.25, -0.2) is 4.79 Å². The molecule has 1 heterocycles. The highest BCUT2D eigenvalue weighted by Gasteiger charge is 2.16. The molecular formula is C24H22N2O7S. The van der Waals surface area contributed by atoms with E-state index in [2.05, 4.69) is 4.98 Å². The Bertz CT molecular complexity index is 1370. The largest absolute Gasteiger partial charge is 0.482 e. The monoisotopic (exact) mass is 482 g/mol. The van der Waals surface area contributed by atoms with E-state index in [4.69, 9.17) is 18.4 Å². The molecule has 34 heavy (non-hydrogen) atoms. The fourth-order valence-corrected chi connectivity index (χ4v) is 3.79. The third-order valence-electron chi connectivity index (χ3n) is 4.73. The van der Waals surface area contributed by atoms with Crippen LogP contribution in [-0.2, 0) is 28.0 Å². The molecule has 0 aliphatic heterocycles. The number of rotatable bonds is 10. The number of anilines is 1. The number of para-hydroxylation sites is 2. The Kier molecular flexibility index (Phi) is 6.69. The van der Waals surface area contributed by atoms with Crippen LogP contribution in [0.3, 0.4) is 0 Å². The number of aliphatic carboxylic acids is 1. The molecule has 10 heteroatoms. The first-order valence-electron chi connectivity index (χ1n) is 10.3. The Morgan fingerprint density at radius 1 is 0.971 bits per heavy atom. The molecule has 0 spiro atoms. The predicted octanol–water partition coefficient (Wildman–Crippen LogP) is 3.84. The van der Waals surface area contributed by atoms with Gasteiger partial charge in [-0.05, 0) is 47.5 Å². The number of hydrogen-bond acceptors (Lipinski definition) is 8. The molecule has 0 saturated heterocycles. The fraction of sp³-hybridized carbons (Fsp3) is 0.167. The minimum Gasteiger partial charge on any atom is -0.482 e. The van der Waals surface area contributed by atoms with Gasteiger partial charge in [0.25, 0.3) is 6.01 Å². The zero-order valence-corrected chi connectivity index (χ0v) is 19.1. The summed E-state index contributed by atoms with van der Waals surface area (Å²) in [6.07, 6.45) is 0.990. The highest BCUT2D eigenvalue weighted by atomic mass is 32.2. The highest BCUT2D eigenvalue weighted by Crippen LogP contribution is 2.26. The number of carboxylic acid groups (broad SMARTS) is 1. The standard InChI is InChI=1S/C24H22N2O7S/c1-34(29,30)33-19-11-9-17(10-12-19)14-26(24-25-21-7-2-3-8-22(21)32-24)15-18-5-4-6-20(13-18)31-16-23(27)28/h2-13H,14-16H2,1H3,(H,27,28). The molecule has 0 aliphatic rings. The Hall–Kier alpha value is -4.05. The SMILES string of the molecule is CS(=O)(=O)Oc1ccc(CN(Cc2cccc(OCC(=O)O)c2)c2nc3ccccc3o2)cc1. The molecule has 0 radical (unpaired) electrons. The number of nitrogens with zero attached hydrogens (tertiary/aromatic N) is 2. The van der Waals surface area contributed by atoms with Crippen molar-refractivity contribution in [3.8, 4) is 11.5 Å². The maximum absolute atomic E-state index is 11.4. The van der Waals surface area contributed by atoms with Crippen LogP contribution in [0.5, 0.6) is 11.5 Å². The van der Waals surface area contributed by atoms with E-state index >= 15 is 0 Å². The third-order valence-corrected chi connectivity index (χ3v) is 5.23. The Morgan fingerprint density at radius 3 is 2.41 bits per heavy atom. The molecule has 1 aromatic heterocycles. The Balaban J connectivity index is 1.60. The van der Waals surface area contributed by atoms with Gasteiger partial charge in [0, 0.05) is 13.1 Å².